The first-order chi connectivity index (χ1) is 18.9. The van der Waals surface area contributed by atoms with Gasteiger partial charge in [-0.25, -0.2) is 4.98 Å². The van der Waals surface area contributed by atoms with Crippen LogP contribution in [0, 0.1) is 0 Å². The summed E-state index contributed by atoms with van der Waals surface area (Å²) in [5, 5.41) is 15.8. The largest absolute Gasteiger partial charge is 0.392 e. The van der Waals surface area contributed by atoms with Crippen molar-refractivity contribution >= 4 is 40.0 Å². The predicted octanol–water partition coefficient (Wildman–Crippen LogP) is 2.75. The van der Waals surface area contributed by atoms with Gasteiger partial charge < -0.3 is 25.6 Å². The molecule has 5 rings (SSSR count). The zero-order chi connectivity index (χ0) is 27.4. The summed E-state index contributed by atoms with van der Waals surface area (Å²) in [5.74, 6) is 0.324. The van der Waals surface area contributed by atoms with Crippen molar-refractivity contribution in [3.05, 3.63) is 77.7 Å². The van der Waals surface area contributed by atoms with Crippen LogP contribution in [0.5, 0.6) is 0 Å². The molecule has 1 saturated heterocycles. The van der Waals surface area contributed by atoms with Crippen LogP contribution in [0.2, 0.25) is 0 Å². The number of aliphatic hydroxyl groups is 1. The number of aromatic nitrogens is 4. The number of nitrogens with zero attached hydrogens (tertiary/aromatic N) is 5. The van der Waals surface area contributed by atoms with Crippen LogP contribution in [-0.4, -0.2) is 74.7 Å². The van der Waals surface area contributed by atoms with Crippen molar-refractivity contribution < 1.29 is 9.90 Å². The van der Waals surface area contributed by atoms with E-state index < -0.39 is 5.56 Å². The molecule has 0 radical (unpaired) electrons. The van der Waals surface area contributed by atoms with Gasteiger partial charge in [-0.1, -0.05) is 18.7 Å². The van der Waals surface area contributed by atoms with E-state index in [2.05, 4.69) is 59.1 Å². The number of piperazine rings is 1. The summed E-state index contributed by atoms with van der Waals surface area (Å²) in [6.07, 6.45) is 2.31. The molecule has 1 aliphatic rings. The number of benzene rings is 2. The van der Waals surface area contributed by atoms with Crippen LogP contribution in [0.4, 0.5) is 23.0 Å². The van der Waals surface area contributed by atoms with Gasteiger partial charge in [-0.2, -0.15) is 9.97 Å². The highest BCUT2D eigenvalue weighted by atomic mass is 16.3. The Labute approximate surface area is 225 Å². The molecule has 2 aromatic heterocycles. The summed E-state index contributed by atoms with van der Waals surface area (Å²) in [4.78, 5) is 45.0. The van der Waals surface area contributed by atoms with Crippen molar-refractivity contribution in [3.8, 4) is 11.4 Å². The second-order valence-corrected chi connectivity index (χ2v) is 9.43. The van der Waals surface area contributed by atoms with Gasteiger partial charge in [0.05, 0.1) is 6.10 Å². The lowest BCUT2D eigenvalue weighted by Crippen LogP contribution is -2.48. The number of nitrogens with one attached hydrogen (secondary N) is 3. The lowest BCUT2D eigenvalue weighted by molar-refractivity contribution is -0.111. The summed E-state index contributed by atoms with van der Waals surface area (Å²) >= 11 is 0. The molecular formula is C28H30N8O3. The van der Waals surface area contributed by atoms with E-state index in [1.165, 1.54) is 12.3 Å². The Balaban J connectivity index is 1.31. The molecule has 4 N–H and O–H groups in total. The number of carbonyl (C=O) groups is 1. The molecule has 200 valence electrons. The highest BCUT2D eigenvalue weighted by Crippen LogP contribution is 2.23. The first-order valence-corrected chi connectivity index (χ1v) is 12.7. The maximum atomic E-state index is 12.7. The van der Waals surface area contributed by atoms with Crippen LogP contribution >= 0.6 is 0 Å². The minimum atomic E-state index is -0.455. The Morgan fingerprint density at radius 1 is 1.13 bits per heavy atom. The standard InChI is InChI=1S/C28H30N8O3/c1-3-24(38)30-21-6-4-5-19(15-21)25-32-26-23(27(39)33-25)16-29-28(34-26)31-20-7-9-22(10-8-20)36-13-11-35(12-14-36)17-18(2)37/h3-10,15-16,18,37H,1,11-14,17H2,2H3,(H,30,38)(H2,29,31,32,33,34,39). The molecular weight excluding hydrogens is 496 g/mol. The van der Waals surface area contributed by atoms with Crippen LogP contribution in [0.1, 0.15) is 6.92 Å². The molecule has 0 saturated carbocycles. The van der Waals surface area contributed by atoms with Gasteiger partial charge in [0, 0.05) is 61.5 Å². The van der Waals surface area contributed by atoms with Gasteiger partial charge in [0.2, 0.25) is 11.9 Å². The van der Waals surface area contributed by atoms with Gasteiger partial charge in [0.15, 0.2) is 0 Å². The number of β-amino-alcohol motifs (C(OH)–C–C–N with tert-alkyl or cyclic N) is 1. The Kier molecular flexibility index (Phi) is 7.62. The van der Waals surface area contributed by atoms with Crippen molar-refractivity contribution in [2.45, 2.75) is 13.0 Å². The van der Waals surface area contributed by atoms with E-state index in [1.807, 2.05) is 19.1 Å². The van der Waals surface area contributed by atoms with E-state index in [0.717, 1.165) is 37.6 Å². The Hall–Kier alpha value is -4.61. The Morgan fingerprint density at radius 3 is 2.62 bits per heavy atom. The zero-order valence-corrected chi connectivity index (χ0v) is 21.6. The molecule has 3 heterocycles. The third-order valence-electron chi connectivity index (χ3n) is 6.44. The van der Waals surface area contributed by atoms with Gasteiger partial charge in [-0.05, 0) is 49.4 Å². The minimum absolute atomic E-state index is 0.269. The molecule has 0 aliphatic carbocycles. The fraction of sp³-hybridized carbons (Fsp3) is 0.250. The number of aromatic amines is 1. The normalized spacial score (nSPS) is 14.7. The number of amides is 1. The number of hydrogen-bond acceptors (Lipinski definition) is 9. The van der Waals surface area contributed by atoms with Gasteiger partial charge in [-0.15, -0.1) is 0 Å². The lowest BCUT2D eigenvalue weighted by Gasteiger charge is -2.36. The number of H-pyrrole nitrogens is 1. The van der Waals surface area contributed by atoms with Gasteiger partial charge in [0.1, 0.15) is 16.9 Å². The van der Waals surface area contributed by atoms with Crippen molar-refractivity contribution in [1.29, 1.82) is 0 Å². The number of anilines is 4. The molecule has 11 nitrogen and oxygen atoms in total. The topological polar surface area (TPSA) is 139 Å². The molecule has 1 unspecified atom stereocenters. The van der Waals surface area contributed by atoms with Gasteiger partial charge >= 0.3 is 0 Å². The van der Waals surface area contributed by atoms with Gasteiger partial charge in [0.25, 0.3) is 5.56 Å². The SMILES string of the molecule is C=CC(=O)Nc1cccc(-c2nc(=O)c3cnc(Nc4ccc(N5CCN(CC(C)O)CC5)cc4)nc3[nH]2)c1. The monoisotopic (exact) mass is 526 g/mol. The highest BCUT2D eigenvalue weighted by molar-refractivity contribution is 5.99. The van der Waals surface area contributed by atoms with Gasteiger partial charge in [-0.3, -0.25) is 14.5 Å². The quantitative estimate of drug-likeness (QED) is 0.255. The fourth-order valence-corrected chi connectivity index (χ4v) is 4.52. The molecule has 1 aliphatic heterocycles. The third-order valence-corrected chi connectivity index (χ3v) is 6.44. The fourth-order valence-electron chi connectivity index (χ4n) is 4.52. The Bertz CT molecular complexity index is 1540. The van der Waals surface area contributed by atoms with Crippen molar-refractivity contribution in [2.24, 2.45) is 0 Å². The van der Waals surface area contributed by atoms with Crippen LogP contribution in [0.25, 0.3) is 22.4 Å². The smallest absolute Gasteiger partial charge is 0.284 e. The molecule has 1 amide bonds. The maximum Gasteiger partial charge on any atom is 0.284 e. The van der Waals surface area contributed by atoms with Crippen LogP contribution in [-0.2, 0) is 4.79 Å². The number of aliphatic hydroxyl groups excluding tert-OH is 1. The molecule has 39 heavy (non-hydrogen) atoms. The van der Waals surface area contributed by atoms with Crippen molar-refractivity contribution in [1.82, 2.24) is 24.8 Å². The second kappa shape index (κ2) is 11.4. The summed E-state index contributed by atoms with van der Waals surface area (Å²) in [5.41, 5.74) is 3.00. The van der Waals surface area contributed by atoms with E-state index >= 15 is 0 Å². The zero-order valence-electron chi connectivity index (χ0n) is 21.6. The van der Waals surface area contributed by atoms with E-state index in [1.54, 1.807) is 24.3 Å². The average Bonchev–Trinajstić information content (AvgIpc) is 2.93. The molecule has 0 spiro atoms. The number of carbonyl (C=O) groups excluding carboxylic acids is 1. The van der Waals surface area contributed by atoms with E-state index in [4.69, 9.17) is 0 Å². The van der Waals surface area contributed by atoms with E-state index in [-0.39, 0.29) is 17.4 Å². The molecule has 11 heteroatoms. The first kappa shape index (κ1) is 26.0. The van der Waals surface area contributed by atoms with Crippen molar-refractivity contribution in [2.75, 3.05) is 48.3 Å². The summed E-state index contributed by atoms with van der Waals surface area (Å²) in [7, 11) is 0. The van der Waals surface area contributed by atoms with Crippen LogP contribution < -0.4 is 21.1 Å². The average molecular weight is 527 g/mol. The second-order valence-electron chi connectivity index (χ2n) is 9.43. The number of rotatable bonds is 8. The Morgan fingerprint density at radius 2 is 1.90 bits per heavy atom. The minimum Gasteiger partial charge on any atom is -0.392 e. The summed E-state index contributed by atoms with van der Waals surface area (Å²) < 4.78 is 0. The lowest BCUT2D eigenvalue weighted by atomic mass is 10.2. The van der Waals surface area contributed by atoms with E-state index in [0.29, 0.717) is 35.2 Å². The van der Waals surface area contributed by atoms with E-state index in [9.17, 15) is 14.7 Å². The van der Waals surface area contributed by atoms with Crippen molar-refractivity contribution in [3.63, 3.8) is 0 Å². The number of hydrogen-bond donors (Lipinski definition) is 4. The molecule has 2 aromatic carbocycles. The number of fused-ring (bicyclic) bond motifs is 1. The van der Waals surface area contributed by atoms with Crippen LogP contribution in [0.15, 0.2) is 72.2 Å². The molecule has 4 aromatic rings. The summed E-state index contributed by atoms with van der Waals surface area (Å²) in [6, 6.07) is 15.0. The molecule has 1 atom stereocenters. The maximum absolute atomic E-state index is 12.7. The molecule has 1 fully saturated rings. The summed E-state index contributed by atoms with van der Waals surface area (Å²) in [6.45, 7) is 9.61. The third kappa shape index (κ3) is 6.28. The predicted molar refractivity (Wildman–Crippen MR) is 152 cm³/mol. The van der Waals surface area contributed by atoms with Crippen LogP contribution in [0.3, 0.4) is 0 Å². The first-order valence-electron chi connectivity index (χ1n) is 12.7. The highest BCUT2D eigenvalue weighted by Gasteiger charge is 2.18. The molecule has 0 bridgehead atoms.